The topological polar surface area (TPSA) is 82.3 Å². The molecular formula is C26H35BrN4O2. The average Bonchev–Trinajstić information content (AvgIpc) is 2.80. The Morgan fingerprint density at radius 3 is 2.48 bits per heavy atom. The van der Waals surface area contributed by atoms with Gasteiger partial charge in [-0.2, -0.15) is 0 Å². The summed E-state index contributed by atoms with van der Waals surface area (Å²) >= 11 is 3.55. The molecule has 3 rings (SSSR count). The number of aryl methyl sites for hydroxylation is 1. The molecule has 0 aliphatic carbocycles. The predicted molar refractivity (Wildman–Crippen MR) is 139 cm³/mol. The zero-order chi connectivity index (χ0) is 23.6. The molecule has 6 nitrogen and oxygen atoms in total. The van der Waals surface area contributed by atoms with Gasteiger partial charge in [-0.1, -0.05) is 53.7 Å². The third kappa shape index (κ3) is 7.30. The van der Waals surface area contributed by atoms with Crippen LogP contribution in [-0.2, 0) is 0 Å². The number of halogens is 1. The largest absolute Gasteiger partial charge is 0.493 e. The first kappa shape index (κ1) is 25.2. The first-order chi connectivity index (χ1) is 16.0. The van der Waals surface area contributed by atoms with Gasteiger partial charge < -0.3 is 20.5 Å². The molecule has 0 amide bonds. The zero-order valence-electron chi connectivity index (χ0n) is 19.9. The summed E-state index contributed by atoms with van der Waals surface area (Å²) in [5, 5.41) is 4.45. The molecule has 0 unspecified atom stereocenters. The summed E-state index contributed by atoms with van der Waals surface area (Å²) in [6.45, 7) is 5.47. The fraction of sp³-hybridized carbons (Fsp3) is 0.462. The Morgan fingerprint density at radius 1 is 1.00 bits per heavy atom. The number of unbranched alkanes of at least 4 members (excludes halogenated alkanes) is 5. The monoisotopic (exact) mass is 514 g/mol. The number of rotatable bonds is 13. The minimum atomic E-state index is 0.0757. The summed E-state index contributed by atoms with van der Waals surface area (Å²) < 4.78 is 12.8. The fourth-order valence-corrected chi connectivity index (χ4v) is 4.25. The maximum Gasteiger partial charge on any atom is 0.163 e. The van der Waals surface area contributed by atoms with Crippen molar-refractivity contribution in [3.63, 3.8) is 0 Å². The van der Waals surface area contributed by atoms with E-state index in [-0.39, 0.29) is 6.04 Å². The molecule has 2 aromatic carbocycles. The van der Waals surface area contributed by atoms with E-state index in [1.54, 1.807) is 7.11 Å². The molecule has 178 valence electrons. The standard InChI is InChI=1S/C26H35BrN4O2/c1-18(20-11-10-12-21(27)15-20)29-26-22-16-24(32-3)25(17-23(22)30-19(2)31-26)33-14-9-7-5-4-6-8-13-28/h10-12,15-18H,4-9,13-14,28H2,1-3H3,(H,29,30,31)/t18-/m1/s1. The molecule has 0 aliphatic rings. The van der Waals surface area contributed by atoms with Gasteiger partial charge in [0.05, 0.1) is 25.3 Å². The van der Waals surface area contributed by atoms with Gasteiger partial charge in [0.15, 0.2) is 11.5 Å². The van der Waals surface area contributed by atoms with Crippen molar-refractivity contribution < 1.29 is 9.47 Å². The normalized spacial score (nSPS) is 12.0. The van der Waals surface area contributed by atoms with E-state index in [1.807, 2.05) is 31.2 Å². The summed E-state index contributed by atoms with van der Waals surface area (Å²) in [6.07, 6.45) is 6.96. The summed E-state index contributed by atoms with van der Waals surface area (Å²) in [5.41, 5.74) is 7.56. The highest BCUT2D eigenvalue weighted by atomic mass is 79.9. The van der Waals surface area contributed by atoms with E-state index >= 15 is 0 Å². The van der Waals surface area contributed by atoms with Crippen LogP contribution in [0, 0.1) is 6.92 Å². The third-order valence-electron chi connectivity index (χ3n) is 5.65. The van der Waals surface area contributed by atoms with Crippen LogP contribution < -0.4 is 20.5 Å². The number of anilines is 1. The van der Waals surface area contributed by atoms with Crippen molar-refractivity contribution in [1.29, 1.82) is 0 Å². The molecule has 1 aromatic heterocycles. The smallest absolute Gasteiger partial charge is 0.163 e. The number of aromatic nitrogens is 2. The van der Waals surface area contributed by atoms with Crippen LogP contribution in [-0.4, -0.2) is 30.2 Å². The van der Waals surface area contributed by atoms with Gasteiger partial charge in [-0.15, -0.1) is 0 Å². The molecule has 0 radical (unpaired) electrons. The number of ether oxygens (including phenoxy) is 2. The summed E-state index contributed by atoms with van der Waals surface area (Å²) in [5.74, 6) is 2.90. The summed E-state index contributed by atoms with van der Waals surface area (Å²) in [7, 11) is 1.66. The lowest BCUT2D eigenvalue weighted by molar-refractivity contribution is 0.285. The highest BCUT2D eigenvalue weighted by molar-refractivity contribution is 9.10. The number of benzene rings is 2. The molecule has 0 spiro atoms. The predicted octanol–water partition coefficient (Wildman–Crippen LogP) is 6.56. The van der Waals surface area contributed by atoms with E-state index in [0.717, 1.165) is 52.8 Å². The fourth-order valence-electron chi connectivity index (χ4n) is 3.84. The molecule has 3 aromatic rings. The van der Waals surface area contributed by atoms with Crippen LogP contribution in [0.25, 0.3) is 10.9 Å². The second-order valence-corrected chi connectivity index (χ2v) is 9.23. The lowest BCUT2D eigenvalue weighted by Crippen LogP contribution is -2.10. The molecule has 7 heteroatoms. The van der Waals surface area contributed by atoms with E-state index in [1.165, 1.54) is 24.8 Å². The van der Waals surface area contributed by atoms with Gasteiger partial charge in [-0.05, 0) is 57.0 Å². The van der Waals surface area contributed by atoms with Crippen molar-refractivity contribution in [3.05, 3.63) is 52.3 Å². The van der Waals surface area contributed by atoms with E-state index in [0.29, 0.717) is 18.2 Å². The maximum atomic E-state index is 6.08. The number of methoxy groups -OCH3 is 1. The molecule has 0 fully saturated rings. The van der Waals surface area contributed by atoms with Crippen LogP contribution in [0.1, 0.15) is 62.9 Å². The van der Waals surface area contributed by atoms with Gasteiger partial charge in [0.2, 0.25) is 0 Å². The van der Waals surface area contributed by atoms with Crippen molar-refractivity contribution in [2.45, 2.75) is 58.4 Å². The first-order valence-electron chi connectivity index (χ1n) is 11.7. The van der Waals surface area contributed by atoms with E-state index in [2.05, 4.69) is 50.3 Å². The molecule has 33 heavy (non-hydrogen) atoms. The van der Waals surface area contributed by atoms with Gasteiger partial charge in [0.1, 0.15) is 11.6 Å². The SMILES string of the molecule is COc1cc2c(N[C@H](C)c3cccc(Br)c3)nc(C)nc2cc1OCCCCCCCCN. The van der Waals surface area contributed by atoms with Crippen molar-refractivity contribution in [3.8, 4) is 11.5 Å². The summed E-state index contributed by atoms with van der Waals surface area (Å²) in [4.78, 5) is 9.32. The molecule has 1 heterocycles. The van der Waals surface area contributed by atoms with Crippen molar-refractivity contribution in [2.24, 2.45) is 5.73 Å². The number of fused-ring (bicyclic) bond motifs is 1. The number of nitrogens with two attached hydrogens (primary N) is 1. The van der Waals surface area contributed by atoms with Crippen molar-refractivity contribution in [2.75, 3.05) is 25.6 Å². The third-order valence-corrected chi connectivity index (χ3v) is 6.14. The van der Waals surface area contributed by atoms with Crippen molar-refractivity contribution >= 4 is 32.7 Å². The van der Waals surface area contributed by atoms with Gasteiger partial charge in [-0.25, -0.2) is 9.97 Å². The second-order valence-electron chi connectivity index (χ2n) is 8.32. The Morgan fingerprint density at radius 2 is 1.76 bits per heavy atom. The molecule has 1 atom stereocenters. The van der Waals surface area contributed by atoms with E-state index in [9.17, 15) is 0 Å². The minimum absolute atomic E-state index is 0.0757. The molecule has 0 saturated carbocycles. The quantitative estimate of drug-likeness (QED) is 0.251. The summed E-state index contributed by atoms with van der Waals surface area (Å²) in [6, 6.07) is 12.3. The Balaban J connectivity index is 1.72. The van der Waals surface area contributed by atoms with Crippen LogP contribution in [0.2, 0.25) is 0 Å². The van der Waals surface area contributed by atoms with Gasteiger partial charge in [-0.3, -0.25) is 0 Å². The number of nitrogens with zero attached hydrogens (tertiary/aromatic N) is 2. The molecule has 0 aliphatic heterocycles. The van der Waals surface area contributed by atoms with Crippen LogP contribution in [0.5, 0.6) is 11.5 Å². The average molecular weight is 515 g/mol. The molecule has 3 N–H and O–H groups in total. The number of hydrogen-bond acceptors (Lipinski definition) is 6. The number of nitrogens with one attached hydrogen (secondary N) is 1. The van der Waals surface area contributed by atoms with Crippen LogP contribution in [0.15, 0.2) is 40.9 Å². The Labute approximate surface area is 205 Å². The molecule has 0 bridgehead atoms. The molecule has 0 saturated heterocycles. The van der Waals surface area contributed by atoms with E-state index < -0.39 is 0 Å². The van der Waals surface area contributed by atoms with Gasteiger partial charge in [0, 0.05) is 15.9 Å². The Kier molecular flexibility index (Phi) is 9.76. The Bertz CT molecular complexity index is 1040. The zero-order valence-corrected chi connectivity index (χ0v) is 21.5. The maximum absolute atomic E-state index is 6.08. The highest BCUT2D eigenvalue weighted by Crippen LogP contribution is 2.35. The molecular weight excluding hydrogens is 480 g/mol. The second kappa shape index (κ2) is 12.8. The van der Waals surface area contributed by atoms with Gasteiger partial charge in [0.25, 0.3) is 0 Å². The van der Waals surface area contributed by atoms with Crippen LogP contribution in [0.4, 0.5) is 5.82 Å². The highest BCUT2D eigenvalue weighted by Gasteiger charge is 2.15. The van der Waals surface area contributed by atoms with Crippen LogP contribution >= 0.6 is 15.9 Å². The number of hydrogen-bond donors (Lipinski definition) is 2. The Hall–Kier alpha value is -2.38. The van der Waals surface area contributed by atoms with E-state index in [4.69, 9.17) is 15.2 Å². The first-order valence-corrected chi connectivity index (χ1v) is 12.5. The lowest BCUT2D eigenvalue weighted by Gasteiger charge is -2.18. The van der Waals surface area contributed by atoms with Gasteiger partial charge >= 0.3 is 0 Å². The lowest BCUT2D eigenvalue weighted by atomic mass is 10.1. The minimum Gasteiger partial charge on any atom is -0.493 e. The van der Waals surface area contributed by atoms with Crippen LogP contribution in [0.3, 0.4) is 0 Å². The van der Waals surface area contributed by atoms with Crippen molar-refractivity contribution in [1.82, 2.24) is 9.97 Å².